The van der Waals surface area contributed by atoms with E-state index in [0.29, 0.717) is 38.5 Å². The SMILES string of the molecule is CN1CCN(c2nc(CCCO[Si](C)(C)C(C)(C)C)cn(COCC[Si](C)(C)C)c2=O)CC1=O. The number of nitrogens with zero attached hydrogens (tertiary/aromatic N) is 4. The summed E-state index contributed by atoms with van der Waals surface area (Å²) >= 11 is 0. The summed E-state index contributed by atoms with van der Waals surface area (Å²) in [5.74, 6) is 0.344. The zero-order valence-corrected chi connectivity index (χ0v) is 24.9. The second-order valence-corrected chi connectivity index (χ2v) is 22.6. The molecule has 10 heteroatoms. The predicted octanol–water partition coefficient (Wildman–Crippen LogP) is 3.79. The molecule has 1 aromatic rings. The molecule has 0 saturated carbocycles. The molecule has 34 heavy (non-hydrogen) atoms. The highest BCUT2D eigenvalue weighted by molar-refractivity contribution is 6.76. The smallest absolute Gasteiger partial charge is 0.295 e. The number of aryl methyl sites for hydroxylation is 1. The van der Waals surface area contributed by atoms with Crippen LogP contribution in [0.4, 0.5) is 5.82 Å². The van der Waals surface area contributed by atoms with E-state index in [1.807, 2.05) is 6.20 Å². The Bertz CT molecular complexity index is 890. The van der Waals surface area contributed by atoms with E-state index in [4.69, 9.17) is 14.1 Å². The molecule has 0 N–H and O–H groups in total. The minimum atomic E-state index is -1.79. The van der Waals surface area contributed by atoms with Crippen LogP contribution in [0, 0.1) is 0 Å². The third-order valence-corrected chi connectivity index (χ3v) is 13.1. The van der Waals surface area contributed by atoms with E-state index >= 15 is 0 Å². The van der Waals surface area contributed by atoms with E-state index in [1.54, 1.807) is 21.4 Å². The number of likely N-dealkylation sites (N-methyl/N-ethyl adjacent to an activating group) is 1. The second kappa shape index (κ2) is 11.5. The minimum Gasteiger partial charge on any atom is -0.417 e. The second-order valence-electron chi connectivity index (χ2n) is 12.1. The highest BCUT2D eigenvalue weighted by Gasteiger charge is 2.36. The van der Waals surface area contributed by atoms with Gasteiger partial charge in [0.05, 0.1) is 12.2 Å². The molecule has 0 atom stereocenters. The molecule has 1 amide bonds. The van der Waals surface area contributed by atoms with Crippen molar-refractivity contribution in [3.05, 3.63) is 22.2 Å². The van der Waals surface area contributed by atoms with E-state index in [2.05, 4.69) is 53.5 Å². The molecule has 0 aliphatic carbocycles. The minimum absolute atomic E-state index is 0.00133. The van der Waals surface area contributed by atoms with Crippen molar-refractivity contribution in [1.82, 2.24) is 14.5 Å². The lowest BCUT2D eigenvalue weighted by atomic mass is 10.2. The number of ether oxygens (including phenoxy) is 1. The fourth-order valence-electron chi connectivity index (χ4n) is 3.28. The number of piperazine rings is 1. The average molecular weight is 511 g/mol. The number of carbonyl (C=O) groups is 1. The van der Waals surface area contributed by atoms with Crippen LogP contribution in [-0.2, 0) is 27.1 Å². The van der Waals surface area contributed by atoms with Gasteiger partial charge in [0.25, 0.3) is 5.56 Å². The summed E-state index contributed by atoms with van der Waals surface area (Å²) in [6, 6.07) is 1.05. The van der Waals surface area contributed by atoms with E-state index in [1.165, 1.54) is 0 Å². The summed E-state index contributed by atoms with van der Waals surface area (Å²) in [4.78, 5) is 33.7. The molecular weight excluding hydrogens is 464 g/mol. The molecule has 194 valence electrons. The fourth-order valence-corrected chi connectivity index (χ4v) is 5.12. The van der Waals surface area contributed by atoms with Gasteiger partial charge < -0.3 is 19.0 Å². The van der Waals surface area contributed by atoms with Crippen LogP contribution in [0.25, 0.3) is 0 Å². The van der Waals surface area contributed by atoms with Gasteiger partial charge in [-0.3, -0.25) is 14.2 Å². The molecule has 1 aliphatic heterocycles. The van der Waals surface area contributed by atoms with Crippen molar-refractivity contribution in [2.24, 2.45) is 0 Å². The zero-order valence-electron chi connectivity index (χ0n) is 22.9. The van der Waals surface area contributed by atoms with Crippen molar-refractivity contribution < 1.29 is 14.0 Å². The van der Waals surface area contributed by atoms with Crippen molar-refractivity contribution in [3.8, 4) is 0 Å². The van der Waals surface area contributed by atoms with Gasteiger partial charge in [-0.15, -0.1) is 0 Å². The molecule has 8 nitrogen and oxygen atoms in total. The normalized spacial score (nSPS) is 15.9. The van der Waals surface area contributed by atoms with Crippen LogP contribution in [-0.4, -0.2) is 76.6 Å². The van der Waals surface area contributed by atoms with Gasteiger partial charge in [0.1, 0.15) is 6.73 Å². The molecular formula is C24H46N4O4Si2. The number of carbonyl (C=O) groups excluding carboxylic acids is 1. The zero-order chi connectivity index (χ0) is 25.7. The topological polar surface area (TPSA) is 76.9 Å². The van der Waals surface area contributed by atoms with Gasteiger partial charge in [0.15, 0.2) is 14.1 Å². The summed E-state index contributed by atoms with van der Waals surface area (Å²) in [6.45, 7) is 21.0. The summed E-state index contributed by atoms with van der Waals surface area (Å²) in [6.07, 6.45) is 3.35. The molecule has 0 spiro atoms. The van der Waals surface area contributed by atoms with Gasteiger partial charge in [-0.1, -0.05) is 40.4 Å². The van der Waals surface area contributed by atoms with Gasteiger partial charge in [0, 0.05) is 47.6 Å². The van der Waals surface area contributed by atoms with Gasteiger partial charge >= 0.3 is 0 Å². The molecule has 0 radical (unpaired) electrons. The molecule has 1 saturated heterocycles. The van der Waals surface area contributed by atoms with Crippen molar-refractivity contribution in [2.45, 2.75) is 84.2 Å². The van der Waals surface area contributed by atoms with Gasteiger partial charge in [-0.05, 0) is 37.0 Å². The maximum atomic E-state index is 13.2. The van der Waals surface area contributed by atoms with Gasteiger partial charge in [0.2, 0.25) is 5.91 Å². The number of amides is 1. The summed E-state index contributed by atoms with van der Waals surface area (Å²) in [5.41, 5.74) is 0.625. The Hall–Kier alpha value is -1.50. The highest BCUT2D eigenvalue weighted by Crippen LogP contribution is 2.36. The Kier molecular flexibility index (Phi) is 9.71. The fraction of sp³-hybridized carbons (Fsp3) is 0.792. The Morgan fingerprint density at radius 1 is 1.06 bits per heavy atom. The van der Waals surface area contributed by atoms with Crippen molar-refractivity contribution in [1.29, 1.82) is 0 Å². The number of hydrogen-bond donors (Lipinski definition) is 0. The van der Waals surface area contributed by atoms with Crippen LogP contribution in [0.5, 0.6) is 0 Å². The summed E-state index contributed by atoms with van der Waals surface area (Å²) in [5, 5.41) is 0.173. The Morgan fingerprint density at radius 3 is 2.32 bits per heavy atom. The molecule has 2 heterocycles. The van der Waals surface area contributed by atoms with Crippen molar-refractivity contribution in [3.63, 3.8) is 0 Å². The van der Waals surface area contributed by atoms with Crippen molar-refractivity contribution >= 4 is 28.1 Å². The van der Waals surface area contributed by atoms with Crippen LogP contribution in [0.1, 0.15) is 32.9 Å². The highest BCUT2D eigenvalue weighted by atomic mass is 28.4. The first-order valence-electron chi connectivity index (χ1n) is 12.4. The Morgan fingerprint density at radius 2 is 1.74 bits per heavy atom. The molecule has 1 fully saturated rings. The predicted molar refractivity (Wildman–Crippen MR) is 144 cm³/mol. The lowest BCUT2D eigenvalue weighted by Crippen LogP contribution is -2.50. The first kappa shape index (κ1) is 28.7. The van der Waals surface area contributed by atoms with E-state index < -0.39 is 16.4 Å². The number of rotatable bonds is 11. The summed E-state index contributed by atoms with van der Waals surface area (Å²) in [7, 11) is -1.22. The Balaban J connectivity index is 2.15. The van der Waals surface area contributed by atoms with E-state index in [0.717, 1.165) is 18.2 Å². The number of hydrogen-bond acceptors (Lipinski definition) is 6. The van der Waals surface area contributed by atoms with E-state index in [-0.39, 0.29) is 29.8 Å². The maximum absolute atomic E-state index is 13.2. The third kappa shape index (κ3) is 8.32. The Labute approximate surface area is 207 Å². The lowest BCUT2D eigenvalue weighted by Gasteiger charge is -2.36. The standard InChI is InChI=1S/C24H46N4O4Si2/c1-24(2,3)34(8,9)32-14-10-11-20-17-28(19-31-15-16-33(5,6)7)23(30)22(25-20)27-13-12-26(4)21(29)18-27/h17H,10-16,18-19H2,1-9H3. The molecule has 0 bridgehead atoms. The number of anilines is 1. The molecule has 0 aromatic carbocycles. The first-order valence-corrected chi connectivity index (χ1v) is 19.0. The van der Waals surface area contributed by atoms with Crippen molar-refractivity contribution in [2.75, 3.05) is 44.8 Å². The molecule has 1 aromatic heterocycles. The summed E-state index contributed by atoms with van der Waals surface area (Å²) < 4.78 is 13.8. The van der Waals surface area contributed by atoms with E-state index in [9.17, 15) is 9.59 Å². The first-order chi connectivity index (χ1) is 15.6. The number of aromatic nitrogens is 2. The molecule has 0 unspecified atom stereocenters. The van der Waals surface area contributed by atoms with Crippen LogP contribution >= 0.6 is 0 Å². The van der Waals surface area contributed by atoms with Crippen LogP contribution in [0.2, 0.25) is 43.8 Å². The largest absolute Gasteiger partial charge is 0.417 e. The molecule has 1 aliphatic rings. The third-order valence-electron chi connectivity index (χ3n) is 6.84. The van der Waals surface area contributed by atoms with Gasteiger partial charge in [-0.25, -0.2) is 4.98 Å². The van der Waals surface area contributed by atoms with Crippen LogP contribution < -0.4 is 10.5 Å². The molecule has 2 rings (SSSR count). The monoisotopic (exact) mass is 510 g/mol. The van der Waals surface area contributed by atoms with Crippen LogP contribution in [0.3, 0.4) is 0 Å². The quantitative estimate of drug-likeness (QED) is 0.333. The van der Waals surface area contributed by atoms with Crippen LogP contribution in [0.15, 0.2) is 11.0 Å². The average Bonchev–Trinajstić information content (AvgIpc) is 2.70. The maximum Gasteiger partial charge on any atom is 0.295 e. The lowest BCUT2D eigenvalue weighted by molar-refractivity contribution is -0.129. The van der Waals surface area contributed by atoms with Gasteiger partial charge in [-0.2, -0.15) is 0 Å².